The second-order valence-electron chi connectivity index (χ2n) is 6.02. The fourth-order valence-corrected chi connectivity index (χ4v) is 3.94. The van der Waals surface area contributed by atoms with Crippen LogP contribution in [0.2, 0.25) is 0 Å². The molecule has 2 aliphatic carbocycles. The summed E-state index contributed by atoms with van der Waals surface area (Å²) in [6.45, 7) is 7.18. The molecule has 2 aliphatic rings. The van der Waals surface area contributed by atoms with Gasteiger partial charge in [0, 0.05) is 23.9 Å². The van der Waals surface area contributed by atoms with Crippen molar-refractivity contribution in [2.45, 2.75) is 64.5 Å². The SMILES string of the molecule is CCCNCc1sc(C(OCC)C2CC2)nc1C1CC1. The highest BCUT2D eigenvalue weighted by Gasteiger charge is 2.37. The third-order valence-corrected chi connectivity index (χ3v) is 5.19. The highest BCUT2D eigenvalue weighted by Crippen LogP contribution is 2.48. The van der Waals surface area contributed by atoms with Gasteiger partial charge < -0.3 is 10.1 Å². The van der Waals surface area contributed by atoms with Crippen LogP contribution >= 0.6 is 11.3 Å². The van der Waals surface area contributed by atoms with Crippen molar-refractivity contribution in [1.29, 1.82) is 0 Å². The summed E-state index contributed by atoms with van der Waals surface area (Å²) in [5.41, 5.74) is 1.37. The number of hydrogen-bond acceptors (Lipinski definition) is 4. The maximum Gasteiger partial charge on any atom is 0.122 e. The van der Waals surface area contributed by atoms with E-state index >= 15 is 0 Å². The van der Waals surface area contributed by atoms with E-state index in [1.165, 1.54) is 47.7 Å². The molecule has 0 spiro atoms. The van der Waals surface area contributed by atoms with Crippen molar-refractivity contribution < 1.29 is 4.74 Å². The van der Waals surface area contributed by atoms with E-state index in [0.717, 1.165) is 31.5 Å². The van der Waals surface area contributed by atoms with Crippen molar-refractivity contribution in [1.82, 2.24) is 10.3 Å². The average molecular weight is 294 g/mol. The number of thiazole rings is 1. The summed E-state index contributed by atoms with van der Waals surface area (Å²) in [5, 5.41) is 4.77. The largest absolute Gasteiger partial charge is 0.371 e. The van der Waals surface area contributed by atoms with Gasteiger partial charge in [0.25, 0.3) is 0 Å². The second kappa shape index (κ2) is 6.54. The number of rotatable bonds is 9. The molecule has 0 aromatic carbocycles. The zero-order valence-corrected chi connectivity index (χ0v) is 13.5. The van der Waals surface area contributed by atoms with E-state index in [4.69, 9.17) is 9.72 Å². The predicted molar refractivity (Wildman–Crippen MR) is 83.2 cm³/mol. The first-order valence-corrected chi connectivity index (χ1v) is 8.96. The maximum absolute atomic E-state index is 5.97. The molecule has 1 aromatic heterocycles. The Morgan fingerprint density at radius 2 is 2.10 bits per heavy atom. The van der Waals surface area contributed by atoms with Gasteiger partial charge in [0.2, 0.25) is 0 Å². The standard InChI is InChI=1S/C16H26N2OS/c1-3-9-17-10-13-14(11-5-6-11)18-16(20-13)15(19-4-2)12-7-8-12/h11-12,15,17H,3-10H2,1-2H3. The van der Waals surface area contributed by atoms with Gasteiger partial charge in [-0.15, -0.1) is 11.3 Å². The lowest BCUT2D eigenvalue weighted by Gasteiger charge is -2.12. The second-order valence-corrected chi connectivity index (χ2v) is 7.14. The molecule has 4 heteroatoms. The molecule has 0 bridgehead atoms. The van der Waals surface area contributed by atoms with Crippen LogP contribution in [0.4, 0.5) is 0 Å². The summed E-state index contributed by atoms with van der Waals surface area (Å²) >= 11 is 1.90. The third-order valence-electron chi connectivity index (χ3n) is 4.06. The van der Waals surface area contributed by atoms with Gasteiger partial charge in [-0.3, -0.25) is 0 Å². The minimum Gasteiger partial charge on any atom is -0.371 e. The van der Waals surface area contributed by atoms with Gasteiger partial charge in [0.1, 0.15) is 11.1 Å². The monoisotopic (exact) mass is 294 g/mol. The molecule has 1 unspecified atom stereocenters. The van der Waals surface area contributed by atoms with Crippen LogP contribution in [0, 0.1) is 5.92 Å². The van der Waals surface area contributed by atoms with Gasteiger partial charge in [0.15, 0.2) is 0 Å². The molecule has 3 rings (SSSR count). The first-order valence-electron chi connectivity index (χ1n) is 8.15. The van der Waals surface area contributed by atoms with Crippen LogP contribution in [0.25, 0.3) is 0 Å². The predicted octanol–water partition coefficient (Wildman–Crippen LogP) is 4.01. The first-order chi connectivity index (χ1) is 9.83. The molecule has 1 atom stereocenters. The van der Waals surface area contributed by atoms with Crippen molar-refractivity contribution in [2.75, 3.05) is 13.2 Å². The zero-order valence-electron chi connectivity index (χ0n) is 12.7. The van der Waals surface area contributed by atoms with Crippen LogP contribution in [0.5, 0.6) is 0 Å². The summed E-state index contributed by atoms with van der Waals surface area (Å²) in [4.78, 5) is 6.44. The molecule has 0 amide bonds. The molecule has 112 valence electrons. The minimum atomic E-state index is 0.266. The van der Waals surface area contributed by atoms with Crippen LogP contribution in [0.15, 0.2) is 0 Å². The Kier molecular flexibility index (Phi) is 4.74. The summed E-state index contributed by atoms with van der Waals surface area (Å²) in [7, 11) is 0. The Balaban J connectivity index is 1.74. The van der Waals surface area contributed by atoms with Gasteiger partial charge in [-0.2, -0.15) is 0 Å². The Hall–Kier alpha value is -0.450. The fourth-order valence-electron chi connectivity index (χ4n) is 2.67. The number of hydrogen-bond donors (Lipinski definition) is 1. The summed E-state index contributed by atoms with van der Waals surface area (Å²) in [5.74, 6) is 1.46. The minimum absolute atomic E-state index is 0.266. The molecule has 1 aromatic rings. The van der Waals surface area contributed by atoms with Gasteiger partial charge in [-0.05, 0) is 51.5 Å². The van der Waals surface area contributed by atoms with Gasteiger partial charge in [-0.25, -0.2) is 4.98 Å². The Bertz CT molecular complexity index is 438. The normalized spacial score (nSPS) is 20.3. The van der Waals surface area contributed by atoms with Crippen molar-refractivity contribution in [2.24, 2.45) is 5.92 Å². The highest BCUT2D eigenvalue weighted by molar-refractivity contribution is 7.11. The Morgan fingerprint density at radius 1 is 1.30 bits per heavy atom. The van der Waals surface area contributed by atoms with E-state index in [-0.39, 0.29) is 6.10 Å². The molecule has 0 radical (unpaired) electrons. The highest BCUT2D eigenvalue weighted by atomic mass is 32.1. The Morgan fingerprint density at radius 3 is 2.70 bits per heavy atom. The van der Waals surface area contributed by atoms with Crippen molar-refractivity contribution in [3.63, 3.8) is 0 Å². The van der Waals surface area contributed by atoms with Crippen molar-refractivity contribution in [3.8, 4) is 0 Å². The third kappa shape index (κ3) is 3.41. The topological polar surface area (TPSA) is 34.1 Å². The molecule has 2 fully saturated rings. The molecule has 1 N–H and O–H groups in total. The Labute approximate surface area is 126 Å². The molecular formula is C16H26N2OS. The maximum atomic E-state index is 5.97. The van der Waals surface area contributed by atoms with E-state index in [1.807, 2.05) is 11.3 Å². The average Bonchev–Trinajstić information content (AvgIpc) is 3.34. The van der Waals surface area contributed by atoms with E-state index in [1.54, 1.807) is 0 Å². The van der Waals surface area contributed by atoms with Crippen LogP contribution in [-0.2, 0) is 11.3 Å². The molecule has 1 heterocycles. The molecule has 0 aliphatic heterocycles. The summed E-state index contributed by atoms with van der Waals surface area (Å²) < 4.78 is 5.97. The van der Waals surface area contributed by atoms with E-state index in [0.29, 0.717) is 0 Å². The van der Waals surface area contributed by atoms with E-state index in [9.17, 15) is 0 Å². The number of nitrogens with zero attached hydrogens (tertiary/aromatic N) is 1. The first kappa shape index (κ1) is 14.5. The lowest BCUT2D eigenvalue weighted by molar-refractivity contribution is 0.0461. The quantitative estimate of drug-likeness (QED) is 0.699. The van der Waals surface area contributed by atoms with Gasteiger partial charge >= 0.3 is 0 Å². The van der Waals surface area contributed by atoms with E-state index in [2.05, 4.69) is 19.2 Å². The number of ether oxygens (including phenoxy) is 1. The molecule has 3 nitrogen and oxygen atoms in total. The van der Waals surface area contributed by atoms with Crippen LogP contribution in [-0.4, -0.2) is 18.1 Å². The lowest BCUT2D eigenvalue weighted by atomic mass is 10.2. The molecule has 2 saturated carbocycles. The summed E-state index contributed by atoms with van der Waals surface area (Å²) in [6.07, 6.45) is 6.73. The summed E-state index contributed by atoms with van der Waals surface area (Å²) in [6, 6.07) is 0. The number of aromatic nitrogens is 1. The van der Waals surface area contributed by atoms with E-state index < -0.39 is 0 Å². The van der Waals surface area contributed by atoms with Gasteiger partial charge in [0.05, 0.1) is 5.69 Å². The smallest absolute Gasteiger partial charge is 0.122 e. The molecule has 20 heavy (non-hydrogen) atoms. The van der Waals surface area contributed by atoms with Crippen molar-refractivity contribution in [3.05, 3.63) is 15.6 Å². The van der Waals surface area contributed by atoms with Crippen molar-refractivity contribution >= 4 is 11.3 Å². The molecular weight excluding hydrogens is 268 g/mol. The van der Waals surface area contributed by atoms with Gasteiger partial charge in [-0.1, -0.05) is 6.92 Å². The lowest BCUT2D eigenvalue weighted by Crippen LogP contribution is -2.13. The van der Waals surface area contributed by atoms with Crippen LogP contribution < -0.4 is 5.32 Å². The number of nitrogens with one attached hydrogen (secondary N) is 1. The zero-order chi connectivity index (χ0) is 13.9. The molecule has 0 saturated heterocycles. The van der Waals surface area contributed by atoms with Crippen LogP contribution in [0.3, 0.4) is 0 Å². The fraction of sp³-hybridized carbons (Fsp3) is 0.812. The van der Waals surface area contributed by atoms with Crippen LogP contribution in [0.1, 0.15) is 73.6 Å².